The minimum atomic E-state index is -0.0155. The van der Waals surface area contributed by atoms with Gasteiger partial charge in [-0.05, 0) is 50.1 Å². The molecule has 1 aromatic heterocycles. The van der Waals surface area contributed by atoms with E-state index in [0.29, 0.717) is 17.9 Å². The predicted octanol–water partition coefficient (Wildman–Crippen LogP) is 4.77. The van der Waals surface area contributed by atoms with Crippen molar-refractivity contribution in [3.05, 3.63) is 47.0 Å². The van der Waals surface area contributed by atoms with Gasteiger partial charge in [0.1, 0.15) is 5.52 Å². The zero-order chi connectivity index (χ0) is 16.6. The SMILES string of the molecule is CCC(=O)Nc1ccc2oc(-c3c(C)cc(C)cc3C)nc2c1. The fourth-order valence-electron chi connectivity index (χ4n) is 2.88. The molecule has 0 saturated heterocycles. The van der Waals surface area contributed by atoms with E-state index in [1.165, 1.54) is 5.56 Å². The predicted molar refractivity (Wildman–Crippen MR) is 92.6 cm³/mol. The van der Waals surface area contributed by atoms with Crippen molar-refractivity contribution in [2.75, 3.05) is 5.32 Å². The highest BCUT2D eigenvalue weighted by Gasteiger charge is 2.14. The third kappa shape index (κ3) is 2.97. The van der Waals surface area contributed by atoms with Crippen molar-refractivity contribution in [3.63, 3.8) is 0 Å². The number of hydrogen-bond acceptors (Lipinski definition) is 3. The second-order valence-corrected chi connectivity index (χ2v) is 5.88. The minimum Gasteiger partial charge on any atom is -0.436 e. The Morgan fingerprint density at radius 1 is 1.13 bits per heavy atom. The Kier molecular flexibility index (Phi) is 3.90. The molecule has 3 rings (SSSR count). The van der Waals surface area contributed by atoms with E-state index in [4.69, 9.17) is 4.42 Å². The van der Waals surface area contributed by atoms with Crippen LogP contribution in [0.3, 0.4) is 0 Å². The summed E-state index contributed by atoms with van der Waals surface area (Å²) >= 11 is 0. The van der Waals surface area contributed by atoms with Crippen LogP contribution in [0.5, 0.6) is 0 Å². The molecule has 1 amide bonds. The Labute approximate surface area is 135 Å². The monoisotopic (exact) mass is 308 g/mol. The molecule has 0 radical (unpaired) electrons. The van der Waals surface area contributed by atoms with Crippen LogP contribution in [-0.4, -0.2) is 10.9 Å². The maximum Gasteiger partial charge on any atom is 0.227 e. The van der Waals surface area contributed by atoms with Crippen molar-refractivity contribution in [3.8, 4) is 11.5 Å². The van der Waals surface area contributed by atoms with Gasteiger partial charge in [0.05, 0.1) is 0 Å². The summed E-state index contributed by atoms with van der Waals surface area (Å²) in [5.74, 6) is 0.604. The first-order chi connectivity index (χ1) is 11.0. The molecule has 4 heteroatoms. The molecular formula is C19H20N2O2. The van der Waals surface area contributed by atoms with Crippen LogP contribution in [0.15, 0.2) is 34.7 Å². The van der Waals surface area contributed by atoms with Gasteiger partial charge in [0, 0.05) is 17.7 Å². The van der Waals surface area contributed by atoms with Crippen LogP contribution in [0, 0.1) is 20.8 Å². The molecular weight excluding hydrogens is 288 g/mol. The Balaban J connectivity index is 2.05. The molecule has 0 fully saturated rings. The fourth-order valence-corrected chi connectivity index (χ4v) is 2.88. The molecule has 0 spiro atoms. The van der Waals surface area contributed by atoms with E-state index in [0.717, 1.165) is 27.9 Å². The van der Waals surface area contributed by atoms with Crippen molar-refractivity contribution in [2.45, 2.75) is 34.1 Å². The number of nitrogens with zero attached hydrogens (tertiary/aromatic N) is 1. The Hall–Kier alpha value is -2.62. The van der Waals surface area contributed by atoms with Crippen molar-refractivity contribution in [1.82, 2.24) is 4.98 Å². The third-order valence-corrected chi connectivity index (χ3v) is 3.88. The zero-order valence-corrected chi connectivity index (χ0v) is 13.9. The average molecular weight is 308 g/mol. The average Bonchev–Trinajstić information content (AvgIpc) is 2.88. The highest BCUT2D eigenvalue weighted by atomic mass is 16.3. The number of carbonyl (C=O) groups excluding carboxylic acids is 1. The normalized spacial score (nSPS) is 11.0. The number of fused-ring (bicyclic) bond motifs is 1. The lowest BCUT2D eigenvalue weighted by atomic mass is 10.00. The summed E-state index contributed by atoms with van der Waals surface area (Å²) in [5.41, 5.74) is 6.75. The summed E-state index contributed by atoms with van der Waals surface area (Å²) in [7, 11) is 0. The topological polar surface area (TPSA) is 55.1 Å². The number of anilines is 1. The van der Waals surface area contributed by atoms with Crippen LogP contribution in [0.1, 0.15) is 30.0 Å². The molecule has 4 nitrogen and oxygen atoms in total. The van der Waals surface area contributed by atoms with E-state index >= 15 is 0 Å². The molecule has 0 aliphatic rings. The third-order valence-electron chi connectivity index (χ3n) is 3.88. The van der Waals surface area contributed by atoms with Gasteiger partial charge in [-0.3, -0.25) is 4.79 Å². The summed E-state index contributed by atoms with van der Waals surface area (Å²) in [6, 6.07) is 9.78. The summed E-state index contributed by atoms with van der Waals surface area (Å²) in [6.45, 7) is 8.04. The number of nitrogens with one attached hydrogen (secondary N) is 1. The number of carbonyl (C=O) groups is 1. The van der Waals surface area contributed by atoms with Gasteiger partial charge in [0.25, 0.3) is 0 Å². The van der Waals surface area contributed by atoms with Crippen LogP contribution in [0.25, 0.3) is 22.6 Å². The van der Waals surface area contributed by atoms with Gasteiger partial charge in [0.2, 0.25) is 11.8 Å². The Bertz CT molecular complexity index is 871. The van der Waals surface area contributed by atoms with E-state index in [1.54, 1.807) is 0 Å². The van der Waals surface area contributed by atoms with Crippen LogP contribution >= 0.6 is 0 Å². The minimum absolute atomic E-state index is 0.0155. The molecule has 0 aliphatic heterocycles. The summed E-state index contributed by atoms with van der Waals surface area (Å²) in [6.07, 6.45) is 0.448. The summed E-state index contributed by atoms with van der Waals surface area (Å²) < 4.78 is 5.92. The van der Waals surface area contributed by atoms with Crippen molar-refractivity contribution in [2.24, 2.45) is 0 Å². The number of hydrogen-bond donors (Lipinski definition) is 1. The standard InChI is InChI=1S/C19H20N2O2/c1-5-17(22)20-14-6-7-16-15(10-14)21-19(23-16)18-12(3)8-11(2)9-13(18)4/h6-10H,5H2,1-4H3,(H,20,22). The van der Waals surface area contributed by atoms with Gasteiger partial charge < -0.3 is 9.73 Å². The molecule has 1 N–H and O–H groups in total. The van der Waals surface area contributed by atoms with Gasteiger partial charge >= 0.3 is 0 Å². The van der Waals surface area contributed by atoms with E-state index in [-0.39, 0.29) is 5.91 Å². The summed E-state index contributed by atoms with van der Waals surface area (Å²) in [4.78, 5) is 16.1. The highest BCUT2D eigenvalue weighted by molar-refractivity contribution is 5.92. The number of rotatable bonds is 3. The van der Waals surface area contributed by atoms with Crippen LogP contribution < -0.4 is 5.32 Å². The van der Waals surface area contributed by atoms with Crippen molar-refractivity contribution < 1.29 is 9.21 Å². The summed E-state index contributed by atoms with van der Waals surface area (Å²) in [5, 5.41) is 2.84. The number of aromatic nitrogens is 1. The highest BCUT2D eigenvalue weighted by Crippen LogP contribution is 2.31. The van der Waals surface area contributed by atoms with Crippen LogP contribution in [0.4, 0.5) is 5.69 Å². The molecule has 0 bridgehead atoms. The van der Waals surface area contributed by atoms with E-state index in [1.807, 2.05) is 25.1 Å². The number of benzene rings is 2. The van der Waals surface area contributed by atoms with E-state index in [9.17, 15) is 4.79 Å². The lowest BCUT2D eigenvalue weighted by molar-refractivity contribution is -0.115. The first-order valence-corrected chi connectivity index (χ1v) is 7.76. The van der Waals surface area contributed by atoms with E-state index < -0.39 is 0 Å². The second-order valence-electron chi connectivity index (χ2n) is 5.88. The first kappa shape index (κ1) is 15.3. The molecule has 1 heterocycles. The lowest BCUT2D eigenvalue weighted by Gasteiger charge is -2.07. The van der Waals surface area contributed by atoms with E-state index in [2.05, 4.69) is 43.2 Å². The van der Waals surface area contributed by atoms with Gasteiger partial charge in [-0.2, -0.15) is 0 Å². The first-order valence-electron chi connectivity index (χ1n) is 7.76. The van der Waals surface area contributed by atoms with Gasteiger partial charge in [0.15, 0.2) is 5.58 Å². The molecule has 0 unspecified atom stereocenters. The number of amides is 1. The van der Waals surface area contributed by atoms with Gasteiger partial charge in [-0.1, -0.05) is 24.6 Å². The fraction of sp³-hybridized carbons (Fsp3) is 0.263. The molecule has 118 valence electrons. The molecule has 0 atom stereocenters. The second kappa shape index (κ2) is 5.88. The van der Waals surface area contributed by atoms with Crippen LogP contribution in [0.2, 0.25) is 0 Å². The quantitative estimate of drug-likeness (QED) is 0.758. The number of aryl methyl sites for hydroxylation is 3. The van der Waals surface area contributed by atoms with Gasteiger partial charge in [-0.15, -0.1) is 0 Å². The number of oxazole rings is 1. The Morgan fingerprint density at radius 3 is 2.48 bits per heavy atom. The van der Waals surface area contributed by atoms with Crippen molar-refractivity contribution in [1.29, 1.82) is 0 Å². The smallest absolute Gasteiger partial charge is 0.227 e. The maximum atomic E-state index is 11.5. The Morgan fingerprint density at radius 2 is 1.83 bits per heavy atom. The van der Waals surface area contributed by atoms with Gasteiger partial charge in [-0.25, -0.2) is 4.98 Å². The zero-order valence-electron chi connectivity index (χ0n) is 13.9. The largest absolute Gasteiger partial charge is 0.436 e. The molecule has 23 heavy (non-hydrogen) atoms. The molecule has 2 aromatic carbocycles. The van der Waals surface area contributed by atoms with Crippen molar-refractivity contribution >= 4 is 22.7 Å². The maximum absolute atomic E-state index is 11.5. The van der Waals surface area contributed by atoms with Crippen LogP contribution in [-0.2, 0) is 4.79 Å². The lowest BCUT2D eigenvalue weighted by Crippen LogP contribution is -2.08. The molecule has 0 aliphatic carbocycles. The molecule has 3 aromatic rings. The molecule has 0 saturated carbocycles.